The Kier molecular flexibility index (Phi) is 22.4. The molecule has 6 saturated carbocycles. The van der Waals surface area contributed by atoms with Crippen LogP contribution in [0.15, 0.2) is 24.3 Å². The molecule has 47 heavy (non-hydrogen) atoms. The van der Waals surface area contributed by atoms with Gasteiger partial charge in [0.15, 0.2) is 0 Å². The largest absolute Gasteiger partial charge is 2.00 e. The standard InChI is InChI=1S/2C18H33P.C7H7.ClH.Ni/c2*1-4-10-16(11-5-1)19(17-12-6-2-7-13-17)18-14-8-3-9-15-18;1-7-5-3-2-4-6-7;;/h2*16-18H,1-15H2;2-5H,1H3;1H;/q;;-1;;+2/p-1. The van der Waals surface area contributed by atoms with E-state index >= 15 is 0 Å². The zero-order valence-electron chi connectivity index (χ0n) is 30.6. The van der Waals surface area contributed by atoms with Gasteiger partial charge in [0.25, 0.3) is 0 Å². The van der Waals surface area contributed by atoms with Crippen molar-refractivity contribution in [2.45, 2.75) is 234 Å². The second kappa shape index (κ2) is 24.9. The molecule has 0 amide bonds. The normalized spacial score (nSPS) is 24.7. The van der Waals surface area contributed by atoms with Crippen LogP contribution >= 0.6 is 15.8 Å². The number of hydrogen-bond donors (Lipinski definition) is 0. The van der Waals surface area contributed by atoms with E-state index in [-0.39, 0.29) is 28.9 Å². The molecule has 0 atom stereocenters. The summed E-state index contributed by atoms with van der Waals surface area (Å²) in [7, 11) is 0.770. The van der Waals surface area contributed by atoms with Crippen molar-refractivity contribution < 1.29 is 28.9 Å². The summed E-state index contributed by atoms with van der Waals surface area (Å²) < 4.78 is 0. The molecule has 0 aromatic heterocycles. The summed E-state index contributed by atoms with van der Waals surface area (Å²) in [6, 6.07) is 10.9. The van der Waals surface area contributed by atoms with Gasteiger partial charge in [-0.1, -0.05) is 138 Å². The molecule has 1 aromatic rings. The van der Waals surface area contributed by atoms with Crippen molar-refractivity contribution in [3.05, 3.63) is 35.9 Å². The summed E-state index contributed by atoms with van der Waals surface area (Å²) in [5.74, 6) is 0. The van der Waals surface area contributed by atoms with Crippen LogP contribution in [-0.4, -0.2) is 34.0 Å². The minimum atomic E-state index is 0. The maximum atomic E-state index is 3.03. The van der Waals surface area contributed by atoms with Gasteiger partial charge in [-0.15, -0.1) is 0 Å². The fraction of sp³-hybridized carbons (Fsp3) is 0.860. The average Bonchev–Trinajstić information content (AvgIpc) is 3.12. The Morgan fingerprint density at radius 3 is 0.787 bits per heavy atom. The number of benzene rings is 1. The number of halogens is 1. The van der Waals surface area contributed by atoms with Gasteiger partial charge in [-0.3, -0.25) is 0 Å². The molecule has 0 aliphatic heterocycles. The molecule has 0 saturated heterocycles. The van der Waals surface area contributed by atoms with Crippen LogP contribution in [0.5, 0.6) is 0 Å². The third kappa shape index (κ3) is 14.4. The van der Waals surface area contributed by atoms with Crippen LogP contribution in [-0.2, 0) is 16.5 Å². The van der Waals surface area contributed by atoms with Crippen molar-refractivity contribution in [2.24, 2.45) is 0 Å². The summed E-state index contributed by atoms with van der Waals surface area (Å²) in [5, 5.41) is 0. The van der Waals surface area contributed by atoms with E-state index in [2.05, 4.69) is 6.07 Å². The zero-order chi connectivity index (χ0) is 30.9. The van der Waals surface area contributed by atoms with Crippen molar-refractivity contribution in [3.63, 3.8) is 0 Å². The van der Waals surface area contributed by atoms with Gasteiger partial charge in [-0.25, -0.2) is 0 Å². The van der Waals surface area contributed by atoms with E-state index in [1.165, 1.54) is 78.0 Å². The van der Waals surface area contributed by atoms with Crippen LogP contribution in [0.2, 0.25) is 0 Å². The number of hydrogen-bond acceptors (Lipinski definition) is 0. The molecule has 0 nitrogen and oxygen atoms in total. The molecule has 272 valence electrons. The van der Waals surface area contributed by atoms with E-state index in [1.807, 2.05) is 31.2 Å². The predicted octanol–water partition coefficient (Wildman–Crippen LogP) is 11.7. The molecular weight excluding hydrogens is 673 g/mol. The number of aryl methyl sites for hydroxylation is 1. The van der Waals surface area contributed by atoms with Gasteiger partial charge < -0.3 is 12.4 Å². The van der Waals surface area contributed by atoms with Crippen LogP contribution in [0, 0.1) is 13.0 Å². The van der Waals surface area contributed by atoms with Crippen LogP contribution in [0.25, 0.3) is 0 Å². The van der Waals surface area contributed by atoms with E-state index in [0.717, 1.165) is 0 Å². The van der Waals surface area contributed by atoms with Gasteiger partial charge in [0.05, 0.1) is 0 Å². The van der Waals surface area contributed by atoms with Crippen molar-refractivity contribution in [1.82, 2.24) is 0 Å². The van der Waals surface area contributed by atoms with Crippen molar-refractivity contribution >= 4 is 15.8 Å². The van der Waals surface area contributed by atoms with Crippen LogP contribution < -0.4 is 12.4 Å². The fourth-order valence-electron chi connectivity index (χ4n) is 10.5. The number of rotatable bonds is 6. The van der Waals surface area contributed by atoms with Crippen LogP contribution in [0.4, 0.5) is 0 Å². The molecule has 6 fully saturated rings. The molecule has 1 aromatic carbocycles. The first kappa shape index (κ1) is 42.3. The van der Waals surface area contributed by atoms with Gasteiger partial charge in [0.2, 0.25) is 0 Å². The van der Waals surface area contributed by atoms with E-state index in [9.17, 15) is 0 Å². The Morgan fingerprint density at radius 2 is 0.638 bits per heavy atom. The first-order chi connectivity index (χ1) is 22.3. The molecule has 0 unspecified atom stereocenters. The Balaban J connectivity index is 0.000000205. The van der Waals surface area contributed by atoms with Gasteiger partial charge in [-0.2, -0.15) is 35.9 Å². The second-order valence-corrected chi connectivity index (χ2v) is 22.4. The molecule has 6 aliphatic rings. The first-order valence-electron chi connectivity index (χ1n) is 20.8. The molecule has 7 rings (SSSR count). The topological polar surface area (TPSA) is 0 Å². The summed E-state index contributed by atoms with van der Waals surface area (Å²) in [4.78, 5) is 0. The second-order valence-electron chi connectivity index (χ2n) is 16.2. The van der Waals surface area contributed by atoms with E-state index in [1.54, 1.807) is 154 Å². The molecule has 0 N–H and O–H groups in total. The van der Waals surface area contributed by atoms with Gasteiger partial charge in [-0.05, 0) is 111 Å². The minimum absolute atomic E-state index is 0. The summed E-state index contributed by atoms with van der Waals surface area (Å²) >= 11 is 0. The molecular formula is C43H73ClNiP2. The van der Waals surface area contributed by atoms with Gasteiger partial charge >= 0.3 is 16.5 Å². The third-order valence-electron chi connectivity index (χ3n) is 12.8. The van der Waals surface area contributed by atoms with Gasteiger partial charge in [0.1, 0.15) is 0 Å². The summed E-state index contributed by atoms with van der Waals surface area (Å²) in [6.45, 7) is 2.03. The van der Waals surface area contributed by atoms with Gasteiger partial charge in [0, 0.05) is 0 Å². The quantitative estimate of drug-likeness (QED) is 0.155. The molecule has 6 aliphatic carbocycles. The van der Waals surface area contributed by atoms with Crippen molar-refractivity contribution in [2.75, 3.05) is 0 Å². The molecule has 0 heterocycles. The molecule has 0 spiro atoms. The monoisotopic (exact) mass is 744 g/mol. The zero-order valence-corrected chi connectivity index (χ0v) is 34.1. The average molecular weight is 746 g/mol. The van der Waals surface area contributed by atoms with Crippen molar-refractivity contribution in [1.29, 1.82) is 0 Å². The Bertz CT molecular complexity index is 721. The van der Waals surface area contributed by atoms with E-state index in [0.29, 0.717) is 15.8 Å². The maximum absolute atomic E-state index is 3.03. The maximum Gasteiger partial charge on any atom is 2.00 e. The molecule has 0 radical (unpaired) electrons. The Morgan fingerprint density at radius 1 is 0.404 bits per heavy atom. The SMILES string of the molecule is C1CCC(P(C2CCCCC2)C2CCCCC2)CC1.C1CCC(P(C2CCCCC2)C2CCCCC2)CC1.Cc1[c-]cccc1.[Cl-].[Ni+2]. The molecule has 4 heteroatoms. The van der Waals surface area contributed by atoms with Crippen LogP contribution in [0.1, 0.15) is 198 Å². The molecule has 0 bridgehead atoms. The van der Waals surface area contributed by atoms with E-state index < -0.39 is 0 Å². The van der Waals surface area contributed by atoms with Crippen LogP contribution in [0.3, 0.4) is 0 Å². The smallest absolute Gasteiger partial charge is 1.00 e. The summed E-state index contributed by atoms with van der Waals surface area (Å²) in [6.07, 6.45) is 47.2. The summed E-state index contributed by atoms with van der Waals surface area (Å²) in [5.41, 5.74) is 8.34. The third-order valence-corrected chi connectivity index (χ3v) is 21.0. The fourth-order valence-corrected chi connectivity index (χ4v) is 19.9. The Hall–Kier alpha value is 0.864. The van der Waals surface area contributed by atoms with Crippen molar-refractivity contribution in [3.8, 4) is 0 Å². The van der Waals surface area contributed by atoms with E-state index in [4.69, 9.17) is 0 Å². The predicted molar refractivity (Wildman–Crippen MR) is 205 cm³/mol. The minimum Gasteiger partial charge on any atom is -1.00 e. The Labute approximate surface area is 312 Å². The first-order valence-corrected chi connectivity index (χ1v) is 23.9.